The second-order valence-electron chi connectivity index (χ2n) is 6.63. The van der Waals surface area contributed by atoms with Crippen LogP contribution in [0.1, 0.15) is 38.3 Å². The Hall–Kier alpha value is -1.93. The van der Waals surface area contributed by atoms with E-state index in [9.17, 15) is 4.79 Å². The third-order valence-corrected chi connectivity index (χ3v) is 5.77. The summed E-state index contributed by atoms with van der Waals surface area (Å²) in [5, 5.41) is 8.57. The molecule has 0 radical (unpaired) electrons. The lowest BCUT2D eigenvalue weighted by atomic mass is 9.92. The summed E-state index contributed by atoms with van der Waals surface area (Å²) in [4.78, 5) is 23.0. The molecule has 3 heterocycles. The van der Waals surface area contributed by atoms with Crippen molar-refractivity contribution in [3.05, 3.63) is 29.0 Å². The minimum absolute atomic E-state index is 0.121. The van der Waals surface area contributed by atoms with Gasteiger partial charge in [-0.05, 0) is 12.5 Å². The molecule has 1 amide bonds. The molecule has 0 aromatic carbocycles. The Kier molecular flexibility index (Phi) is 5.10. The van der Waals surface area contributed by atoms with Gasteiger partial charge in [-0.15, -0.1) is 11.3 Å². The van der Waals surface area contributed by atoms with Crippen LogP contribution in [0, 0.1) is 0 Å². The largest absolute Gasteiger partial charge is 0.338 e. The number of fused-ring (bicyclic) bond motifs is 1. The van der Waals surface area contributed by atoms with Crippen molar-refractivity contribution in [2.75, 3.05) is 11.1 Å². The van der Waals surface area contributed by atoms with Crippen molar-refractivity contribution in [3.8, 4) is 0 Å². The first kappa shape index (κ1) is 17.9. The summed E-state index contributed by atoms with van der Waals surface area (Å²) in [6, 6.07) is 3.87. The number of rotatable bonds is 5. The number of thiophene rings is 1. The Balaban J connectivity index is 1.64. The lowest BCUT2D eigenvalue weighted by Crippen LogP contribution is -2.14. The molecule has 0 aliphatic rings. The van der Waals surface area contributed by atoms with E-state index in [0.717, 1.165) is 27.4 Å². The van der Waals surface area contributed by atoms with Gasteiger partial charge >= 0.3 is 0 Å². The van der Waals surface area contributed by atoms with Gasteiger partial charge in [0.1, 0.15) is 16.2 Å². The van der Waals surface area contributed by atoms with Crippen LogP contribution < -0.4 is 5.32 Å². The average molecular weight is 377 g/mol. The predicted octanol–water partition coefficient (Wildman–Crippen LogP) is 4.27. The number of carbonyl (C=O) groups excluding carboxylic acids is 1. The summed E-state index contributed by atoms with van der Waals surface area (Å²) >= 11 is 3.06. The molecule has 0 spiro atoms. The highest BCUT2D eigenvalue weighted by Crippen LogP contribution is 2.31. The molecule has 3 aromatic rings. The Morgan fingerprint density at radius 3 is 2.80 bits per heavy atom. The first-order chi connectivity index (χ1) is 11.9. The van der Waals surface area contributed by atoms with E-state index < -0.39 is 0 Å². The summed E-state index contributed by atoms with van der Waals surface area (Å²) in [5.74, 6) is 0.459. The third kappa shape index (κ3) is 4.19. The Labute approximate surface area is 154 Å². The smallest absolute Gasteiger partial charge is 0.237 e. The number of amides is 1. The number of anilines is 1. The molecule has 25 heavy (non-hydrogen) atoms. The topological polar surface area (TPSA) is 80.9 Å². The van der Waals surface area contributed by atoms with Gasteiger partial charge in [0.2, 0.25) is 11.8 Å². The quantitative estimate of drug-likeness (QED) is 0.529. The molecule has 8 heteroatoms. The summed E-state index contributed by atoms with van der Waals surface area (Å²) in [6.45, 7) is 8.23. The lowest BCUT2D eigenvalue weighted by molar-refractivity contribution is -0.113. The zero-order valence-corrected chi connectivity index (χ0v) is 16.3. The molecule has 0 unspecified atom stereocenters. The summed E-state index contributed by atoms with van der Waals surface area (Å²) in [7, 11) is 0. The fourth-order valence-electron chi connectivity index (χ4n) is 2.17. The van der Waals surface area contributed by atoms with E-state index in [1.54, 1.807) is 23.7 Å². The predicted molar refractivity (Wildman–Crippen MR) is 101 cm³/mol. The molecule has 0 bridgehead atoms. The minimum Gasteiger partial charge on any atom is -0.338 e. The zero-order valence-electron chi connectivity index (χ0n) is 14.6. The van der Waals surface area contributed by atoms with Crippen LogP contribution in [0.25, 0.3) is 10.2 Å². The van der Waals surface area contributed by atoms with E-state index in [4.69, 9.17) is 4.52 Å². The molecule has 1 N–H and O–H groups in total. The zero-order chi connectivity index (χ0) is 18.0. The van der Waals surface area contributed by atoms with E-state index in [2.05, 4.69) is 33.4 Å². The van der Waals surface area contributed by atoms with E-state index >= 15 is 0 Å². The standard InChI is InChI=1S/C17H20N4O2S2/c1-5-10-6-11-15(18-9-19-16(11)25-10)24-8-13(22)20-14-7-12(21-23-14)17(2,3)4/h6-7,9H,5,8H2,1-4H3,(H,20,22). The first-order valence-electron chi connectivity index (χ1n) is 8.00. The Bertz CT molecular complexity index is 896. The van der Waals surface area contributed by atoms with E-state index in [0.29, 0.717) is 5.88 Å². The summed E-state index contributed by atoms with van der Waals surface area (Å²) in [5.41, 5.74) is 0.683. The highest BCUT2D eigenvalue weighted by atomic mass is 32.2. The number of hydrogen-bond donors (Lipinski definition) is 1. The van der Waals surface area contributed by atoms with Crippen molar-refractivity contribution in [2.24, 2.45) is 0 Å². The van der Waals surface area contributed by atoms with E-state index in [-0.39, 0.29) is 17.1 Å². The molecule has 132 valence electrons. The summed E-state index contributed by atoms with van der Waals surface area (Å²) in [6.07, 6.45) is 2.51. The first-order valence-corrected chi connectivity index (χ1v) is 9.80. The molecule has 0 aliphatic carbocycles. The highest BCUT2D eigenvalue weighted by molar-refractivity contribution is 8.00. The molecule has 0 atom stereocenters. The van der Waals surface area contributed by atoms with Crippen LogP contribution in [0.3, 0.4) is 0 Å². The lowest BCUT2D eigenvalue weighted by Gasteiger charge is -2.12. The van der Waals surface area contributed by atoms with Gasteiger partial charge in [0.15, 0.2) is 0 Å². The number of carbonyl (C=O) groups is 1. The van der Waals surface area contributed by atoms with Crippen molar-refractivity contribution in [1.29, 1.82) is 0 Å². The molecule has 3 aromatic heterocycles. The van der Waals surface area contributed by atoms with Gasteiger partial charge in [-0.2, -0.15) is 0 Å². The van der Waals surface area contributed by atoms with Crippen molar-refractivity contribution < 1.29 is 9.32 Å². The van der Waals surface area contributed by atoms with Gasteiger partial charge in [-0.3, -0.25) is 10.1 Å². The van der Waals surface area contributed by atoms with Crippen molar-refractivity contribution in [2.45, 2.75) is 44.6 Å². The van der Waals surface area contributed by atoms with Gasteiger partial charge in [-0.25, -0.2) is 9.97 Å². The molecule has 0 saturated carbocycles. The number of nitrogens with zero attached hydrogens (tertiary/aromatic N) is 3. The second-order valence-corrected chi connectivity index (χ2v) is 8.71. The van der Waals surface area contributed by atoms with Crippen molar-refractivity contribution in [3.63, 3.8) is 0 Å². The van der Waals surface area contributed by atoms with Crippen LogP contribution in [0.5, 0.6) is 0 Å². The van der Waals surface area contributed by atoms with Gasteiger partial charge in [0.25, 0.3) is 0 Å². The van der Waals surface area contributed by atoms with Crippen LogP contribution in [-0.2, 0) is 16.6 Å². The number of aryl methyl sites for hydroxylation is 1. The summed E-state index contributed by atoms with van der Waals surface area (Å²) < 4.78 is 5.19. The maximum absolute atomic E-state index is 12.2. The van der Waals surface area contributed by atoms with E-state index in [1.165, 1.54) is 16.6 Å². The monoisotopic (exact) mass is 376 g/mol. The average Bonchev–Trinajstić information content (AvgIpc) is 3.18. The molecule has 3 rings (SSSR count). The third-order valence-electron chi connectivity index (χ3n) is 3.57. The van der Waals surface area contributed by atoms with Gasteiger partial charge in [0.05, 0.1) is 11.4 Å². The second kappa shape index (κ2) is 7.13. The maximum atomic E-state index is 12.2. The SMILES string of the molecule is CCc1cc2c(SCC(=O)Nc3cc(C(C)(C)C)no3)ncnc2s1. The minimum atomic E-state index is -0.153. The van der Waals surface area contributed by atoms with Gasteiger partial charge in [0, 0.05) is 21.7 Å². The Morgan fingerprint density at radius 2 is 2.12 bits per heavy atom. The molecular formula is C17H20N4O2S2. The number of hydrogen-bond acceptors (Lipinski definition) is 7. The van der Waals surface area contributed by atoms with Gasteiger partial charge < -0.3 is 4.52 Å². The van der Waals surface area contributed by atoms with Crippen LogP contribution >= 0.6 is 23.1 Å². The molecule has 0 aliphatic heterocycles. The molecule has 0 saturated heterocycles. The normalized spacial score (nSPS) is 11.8. The van der Waals surface area contributed by atoms with Crippen LogP contribution in [-0.4, -0.2) is 26.8 Å². The van der Waals surface area contributed by atoms with Crippen molar-refractivity contribution >= 4 is 45.1 Å². The fraction of sp³-hybridized carbons (Fsp3) is 0.412. The molecule has 0 fully saturated rings. The molecule has 6 nitrogen and oxygen atoms in total. The fourth-order valence-corrected chi connectivity index (χ4v) is 3.94. The number of aromatic nitrogens is 3. The van der Waals surface area contributed by atoms with Crippen LogP contribution in [0.2, 0.25) is 0 Å². The van der Waals surface area contributed by atoms with Gasteiger partial charge in [-0.1, -0.05) is 44.6 Å². The molecular weight excluding hydrogens is 356 g/mol. The van der Waals surface area contributed by atoms with Crippen LogP contribution in [0.4, 0.5) is 5.88 Å². The van der Waals surface area contributed by atoms with E-state index in [1.807, 2.05) is 20.8 Å². The van der Waals surface area contributed by atoms with Crippen LogP contribution in [0.15, 0.2) is 28.0 Å². The van der Waals surface area contributed by atoms with Crippen molar-refractivity contribution in [1.82, 2.24) is 15.1 Å². The Morgan fingerprint density at radius 1 is 1.32 bits per heavy atom. The number of nitrogens with one attached hydrogen (secondary N) is 1. The highest BCUT2D eigenvalue weighted by Gasteiger charge is 2.20. The number of thioether (sulfide) groups is 1. The maximum Gasteiger partial charge on any atom is 0.237 e.